The summed E-state index contributed by atoms with van der Waals surface area (Å²) >= 11 is 0. The lowest BCUT2D eigenvalue weighted by Crippen LogP contribution is -2.16. The van der Waals surface area contributed by atoms with Crippen molar-refractivity contribution < 1.29 is 23.8 Å². The molecule has 0 atom stereocenters. The highest BCUT2D eigenvalue weighted by Crippen LogP contribution is 2.19. The summed E-state index contributed by atoms with van der Waals surface area (Å²) < 4.78 is 16.3. The number of hydrogen-bond donors (Lipinski definition) is 0. The van der Waals surface area contributed by atoms with E-state index in [0.717, 1.165) is 0 Å². The van der Waals surface area contributed by atoms with Crippen LogP contribution in [0.4, 0.5) is 0 Å². The molecular formula is C12H18N2O5. The predicted octanol–water partition coefficient (Wildman–Crippen LogP) is 1.02. The first-order valence-electron chi connectivity index (χ1n) is 6.15. The van der Waals surface area contributed by atoms with Crippen LogP contribution in [0, 0.1) is 0 Å². The lowest BCUT2D eigenvalue weighted by molar-refractivity contribution is -0.144. The van der Waals surface area contributed by atoms with E-state index in [1.165, 1.54) is 10.9 Å². The number of aromatic nitrogens is 2. The minimum Gasteiger partial charge on any atom is -0.478 e. The maximum atomic E-state index is 11.7. The second kappa shape index (κ2) is 7.40. The SMILES string of the molecule is CCOC(=O)Cn1ncc(C(=O)OCC)c1OCC. The molecule has 0 saturated heterocycles. The molecule has 106 valence electrons. The van der Waals surface area contributed by atoms with Crippen molar-refractivity contribution in [1.82, 2.24) is 9.78 Å². The van der Waals surface area contributed by atoms with E-state index < -0.39 is 11.9 Å². The first-order valence-corrected chi connectivity index (χ1v) is 6.15. The highest BCUT2D eigenvalue weighted by atomic mass is 16.5. The molecule has 0 N–H and O–H groups in total. The molecule has 1 aromatic rings. The van der Waals surface area contributed by atoms with Gasteiger partial charge in [0.2, 0.25) is 5.88 Å². The van der Waals surface area contributed by atoms with Crippen LogP contribution >= 0.6 is 0 Å². The van der Waals surface area contributed by atoms with E-state index in [-0.39, 0.29) is 31.2 Å². The van der Waals surface area contributed by atoms with Gasteiger partial charge >= 0.3 is 11.9 Å². The zero-order valence-corrected chi connectivity index (χ0v) is 11.3. The molecule has 19 heavy (non-hydrogen) atoms. The Morgan fingerprint density at radius 3 is 2.42 bits per heavy atom. The number of rotatable bonds is 7. The summed E-state index contributed by atoms with van der Waals surface area (Å²) in [5.41, 5.74) is 0.202. The van der Waals surface area contributed by atoms with Gasteiger partial charge in [0.25, 0.3) is 0 Å². The molecule has 0 radical (unpaired) electrons. The maximum absolute atomic E-state index is 11.7. The Labute approximate surface area is 111 Å². The molecule has 0 unspecified atom stereocenters. The number of esters is 2. The molecule has 0 amide bonds. The van der Waals surface area contributed by atoms with Crippen molar-refractivity contribution in [2.45, 2.75) is 27.3 Å². The van der Waals surface area contributed by atoms with E-state index >= 15 is 0 Å². The summed E-state index contributed by atoms with van der Waals surface area (Å²) in [5, 5.41) is 3.95. The molecule has 1 aromatic heterocycles. The number of hydrogen-bond acceptors (Lipinski definition) is 6. The number of ether oxygens (including phenoxy) is 3. The molecule has 1 heterocycles. The Hall–Kier alpha value is -2.05. The summed E-state index contributed by atoms with van der Waals surface area (Å²) in [7, 11) is 0. The lowest BCUT2D eigenvalue weighted by Gasteiger charge is -2.09. The first-order chi connectivity index (χ1) is 9.13. The molecule has 0 saturated carbocycles. The molecule has 0 aliphatic carbocycles. The fraction of sp³-hybridized carbons (Fsp3) is 0.583. The van der Waals surface area contributed by atoms with Gasteiger partial charge in [-0.15, -0.1) is 0 Å². The largest absolute Gasteiger partial charge is 0.478 e. The summed E-state index contributed by atoms with van der Waals surface area (Å²) in [6.07, 6.45) is 1.32. The van der Waals surface area contributed by atoms with E-state index in [1.807, 2.05) is 0 Å². The van der Waals surface area contributed by atoms with Crippen LogP contribution in [-0.4, -0.2) is 41.5 Å². The van der Waals surface area contributed by atoms with Crippen molar-refractivity contribution in [2.75, 3.05) is 19.8 Å². The van der Waals surface area contributed by atoms with Crippen molar-refractivity contribution in [1.29, 1.82) is 0 Å². The maximum Gasteiger partial charge on any atom is 0.345 e. The standard InChI is InChI=1S/C12H18N2O5/c1-4-17-10(15)8-14-11(18-5-2)9(7-13-14)12(16)19-6-3/h7H,4-6,8H2,1-3H3. The molecular weight excluding hydrogens is 252 g/mol. The lowest BCUT2D eigenvalue weighted by atomic mass is 10.3. The van der Waals surface area contributed by atoms with Gasteiger partial charge in [-0.1, -0.05) is 0 Å². The Bertz CT molecular complexity index is 441. The van der Waals surface area contributed by atoms with Crippen molar-refractivity contribution in [3.63, 3.8) is 0 Å². The molecule has 0 aromatic carbocycles. The van der Waals surface area contributed by atoms with Gasteiger partial charge < -0.3 is 14.2 Å². The monoisotopic (exact) mass is 270 g/mol. The molecule has 0 aliphatic rings. The number of carbonyl (C=O) groups excluding carboxylic acids is 2. The van der Waals surface area contributed by atoms with Gasteiger partial charge in [-0.3, -0.25) is 4.79 Å². The average Bonchev–Trinajstić information content (AvgIpc) is 2.74. The van der Waals surface area contributed by atoms with E-state index in [9.17, 15) is 9.59 Å². The normalized spacial score (nSPS) is 10.1. The zero-order valence-electron chi connectivity index (χ0n) is 11.3. The smallest absolute Gasteiger partial charge is 0.345 e. The topological polar surface area (TPSA) is 79.7 Å². The summed E-state index contributed by atoms with van der Waals surface area (Å²) in [5.74, 6) is -0.753. The third-order valence-electron chi connectivity index (χ3n) is 2.15. The summed E-state index contributed by atoms with van der Waals surface area (Å²) in [6.45, 7) is 5.98. The van der Waals surface area contributed by atoms with Gasteiger partial charge in [0, 0.05) is 0 Å². The van der Waals surface area contributed by atoms with E-state index in [4.69, 9.17) is 14.2 Å². The van der Waals surface area contributed by atoms with Gasteiger partial charge in [0.15, 0.2) is 0 Å². The van der Waals surface area contributed by atoms with Crippen LogP contribution in [0.5, 0.6) is 5.88 Å². The van der Waals surface area contributed by atoms with Gasteiger partial charge in [-0.05, 0) is 20.8 Å². The van der Waals surface area contributed by atoms with Crippen molar-refractivity contribution in [2.24, 2.45) is 0 Å². The number of carbonyl (C=O) groups is 2. The molecule has 0 spiro atoms. The van der Waals surface area contributed by atoms with Crippen LogP contribution in [0.25, 0.3) is 0 Å². The van der Waals surface area contributed by atoms with Crippen LogP contribution in [-0.2, 0) is 20.8 Å². The molecule has 0 fully saturated rings. The molecule has 1 rings (SSSR count). The predicted molar refractivity (Wildman–Crippen MR) is 66.0 cm³/mol. The summed E-state index contributed by atoms with van der Waals surface area (Å²) in [6, 6.07) is 0. The van der Waals surface area contributed by atoms with Gasteiger partial charge in [-0.25, -0.2) is 9.48 Å². The fourth-order valence-electron chi connectivity index (χ4n) is 1.45. The van der Waals surface area contributed by atoms with Gasteiger partial charge in [-0.2, -0.15) is 5.10 Å². The Balaban J connectivity index is 2.92. The molecule has 0 aliphatic heterocycles. The zero-order chi connectivity index (χ0) is 14.3. The van der Waals surface area contributed by atoms with Gasteiger partial charge in [0.05, 0.1) is 26.0 Å². The fourth-order valence-corrected chi connectivity index (χ4v) is 1.45. The Morgan fingerprint density at radius 1 is 1.16 bits per heavy atom. The second-order valence-corrected chi connectivity index (χ2v) is 3.48. The van der Waals surface area contributed by atoms with Crippen molar-refractivity contribution in [3.8, 4) is 5.88 Å². The minimum absolute atomic E-state index is 0.109. The van der Waals surface area contributed by atoms with Crippen molar-refractivity contribution >= 4 is 11.9 Å². The first kappa shape index (κ1) is 15.0. The molecule has 7 nitrogen and oxygen atoms in total. The molecule has 7 heteroatoms. The highest BCUT2D eigenvalue weighted by molar-refractivity contribution is 5.91. The van der Waals surface area contributed by atoms with Crippen LogP contribution in [0.2, 0.25) is 0 Å². The van der Waals surface area contributed by atoms with E-state index in [2.05, 4.69) is 5.10 Å². The third-order valence-corrected chi connectivity index (χ3v) is 2.15. The number of nitrogens with zero attached hydrogens (tertiary/aromatic N) is 2. The summed E-state index contributed by atoms with van der Waals surface area (Å²) in [4.78, 5) is 23.1. The molecule has 0 bridgehead atoms. The highest BCUT2D eigenvalue weighted by Gasteiger charge is 2.21. The van der Waals surface area contributed by atoms with E-state index in [0.29, 0.717) is 6.61 Å². The Morgan fingerprint density at radius 2 is 1.84 bits per heavy atom. The van der Waals surface area contributed by atoms with Crippen LogP contribution < -0.4 is 4.74 Å². The van der Waals surface area contributed by atoms with Crippen LogP contribution in [0.1, 0.15) is 31.1 Å². The average molecular weight is 270 g/mol. The second-order valence-electron chi connectivity index (χ2n) is 3.48. The Kier molecular flexibility index (Phi) is 5.84. The van der Waals surface area contributed by atoms with Crippen molar-refractivity contribution in [3.05, 3.63) is 11.8 Å². The third kappa shape index (κ3) is 3.97. The van der Waals surface area contributed by atoms with Crippen LogP contribution in [0.15, 0.2) is 6.20 Å². The van der Waals surface area contributed by atoms with E-state index in [1.54, 1.807) is 20.8 Å². The minimum atomic E-state index is -0.527. The van der Waals surface area contributed by atoms with Crippen LogP contribution in [0.3, 0.4) is 0 Å². The van der Waals surface area contributed by atoms with Gasteiger partial charge in [0.1, 0.15) is 12.1 Å². The quantitative estimate of drug-likeness (QED) is 0.688.